The fourth-order valence-corrected chi connectivity index (χ4v) is 3.07. The van der Waals surface area contributed by atoms with E-state index < -0.39 is 5.91 Å². The monoisotopic (exact) mass is 355 g/mol. The van der Waals surface area contributed by atoms with E-state index in [1.165, 1.54) is 6.07 Å². The largest absolute Gasteiger partial charge is 0.451 e. The molecular weight excluding hydrogens is 338 g/mol. The number of hydrogen-bond donors (Lipinski definition) is 1. The third-order valence-corrected chi connectivity index (χ3v) is 4.40. The highest BCUT2D eigenvalue weighted by atomic mass is 16.3. The standard InChI is InChI=1S/C23H17NO3/c25-19-15-21(27-20-14-8-7-13-18(19)20)23(26)24-22(16-9-3-1-4-10-16)17-11-5-2-6-12-17/h1-15,22H,(H,24,26). The van der Waals surface area contributed by atoms with Gasteiger partial charge in [0.15, 0.2) is 11.2 Å². The Balaban J connectivity index is 1.71. The van der Waals surface area contributed by atoms with Gasteiger partial charge in [-0.05, 0) is 23.3 Å². The van der Waals surface area contributed by atoms with Gasteiger partial charge in [0.25, 0.3) is 5.91 Å². The van der Waals surface area contributed by atoms with Gasteiger partial charge in [0.1, 0.15) is 5.58 Å². The van der Waals surface area contributed by atoms with Crippen molar-refractivity contribution in [3.8, 4) is 0 Å². The quantitative estimate of drug-likeness (QED) is 0.593. The maximum Gasteiger partial charge on any atom is 0.287 e. The van der Waals surface area contributed by atoms with E-state index in [9.17, 15) is 9.59 Å². The molecule has 0 bridgehead atoms. The van der Waals surface area contributed by atoms with E-state index in [4.69, 9.17) is 4.42 Å². The molecule has 0 unspecified atom stereocenters. The maximum atomic E-state index is 12.9. The van der Waals surface area contributed by atoms with Gasteiger partial charge < -0.3 is 9.73 Å². The van der Waals surface area contributed by atoms with Crippen LogP contribution in [0, 0.1) is 0 Å². The van der Waals surface area contributed by atoms with Crippen LogP contribution in [0.15, 0.2) is 100 Å². The Labute approximate surface area is 156 Å². The van der Waals surface area contributed by atoms with Crippen LogP contribution in [-0.2, 0) is 0 Å². The molecule has 0 saturated carbocycles. The molecule has 1 aromatic heterocycles. The fraction of sp³-hybridized carbons (Fsp3) is 0.0435. The van der Waals surface area contributed by atoms with Crippen molar-refractivity contribution in [2.45, 2.75) is 6.04 Å². The van der Waals surface area contributed by atoms with E-state index in [1.807, 2.05) is 60.7 Å². The summed E-state index contributed by atoms with van der Waals surface area (Å²) in [6, 6.07) is 27.1. The second-order valence-electron chi connectivity index (χ2n) is 6.20. The summed E-state index contributed by atoms with van der Waals surface area (Å²) in [5.74, 6) is -0.439. The maximum absolute atomic E-state index is 12.9. The second-order valence-corrected chi connectivity index (χ2v) is 6.20. The van der Waals surface area contributed by atoms with Crippen LogP contribution < -0.4 is 10.7 Å². The predicted molar refractivity (Wildman–Crippen MR) is 105 cm³/mol. The van der Waals surface area contributed by atoms with Gasteiger partial charge in [-0.3, -0.25) is 9.59 Å². The number of benzene rings is 3. The van der Waals surface area contributed by atoms with Crippen LogP contribution in [0.2, 0.25) is 0 Å². The van der Waals surface area contributed by atoms with E-state index in [0.29, 0.717) is 11.0 Å². The number of carbonyl (C=O) groups excluding carboxylic acids is 1. The third kappa shape index (κ3) is 3.51. The lowest BCUT2D eigenvalue weighted by Crippen LogP contribution is -2.30. The second kappa shape index (κ2) is 7.30. The normalized spacial score (nSPS) is 10.9. The zero-order valence-corrected chi connectivity index (χ0v) is 14.5. The van der Waals surface area contributed by atoms with E-state index in [1.54, 1.807) is 24.3 Å². The smallest absolute Gasteiger partial charge is 0.287 e. The first-order valence-electron chi connectivity index (χ1n) is 8.66. The Kier molecular flexibility index (Phi) is 4.54. The SMILES string of the molecule is O=C(NC(c1ccccc1)c1ccccc1)c1cc(=O)c2ccccc2o1. The van der Waals surface area contributed by atoms with E-state index >= 15 is 0 Å². The topological polar surface area (TPSA) is 59.3 Å². The lowest BCUT2D eigenvalue weighted by Gasteiger charge is -2.19. The molecule has 1 amide bonds. The van der Waals surface area contributed by atoms with E-state index in [0.717, 1.165) is 11.1 Å². The molecule has 0 aliphatic carbocycles. The van der Waals surface area contributed by atoms with Crippen LogP contribution in [0.1, 0.15) is 27.7 Å². The summed E-state index contributed by atoms with van der Waals surface area (Å²) in [5, 5.41) is 3.44. The Hall–Kier alpha value is -3.66. The van der Waals surface area contributed by atoms with Crippen molar-refractivity contribution in [3.05, 3.63) is 118 Å². The van der Waals surface area contributed by atoms with Gasteiger partial charge in [-0.25, -0.2) is 0 Å². The average Bonchev–Trinajstić information content (AvgIpc) is 2.73. The highest BCUT2D eigenvalue weighted by Crippen LogP contribution is 2.22. The van der Waals surface area contributed by atoms with Gasteiger partial charge >= 0.3 is 0 Å². The van der Waals surface area contributed by atoms with Crippen molar-refractivity contribution in [1.82, 2.24) is 5.32 Å². The molecule has 0 fully saturated rings. The molecule has 0 aliphatic rings. The van der Waals surface area contributed by atoms with Crippen molar-refractivity contribution >= 4 is 16.9 Å². The summed E-state index contributed by atoms with van der Waals surface area (Å²) in [4.78, 5) is 25.1. The summed E-state index contributed by atoms with van der Waals surface area (Å²) in [7, 11) is 0. The minimum Gasteiger partial charge on any atom is -0.451 e. The molecule has 1 N–H and O–H groups in total. The van der Waals surface area contributed by atoms with Gasteiger partial charge in [-0.15, -0.1) is 0 Å². The van der Waals surface area contributed by atoms with E-state index in [2.05, 4.69) is 5.32 Å². The molecule has 1 heterocycles. The summed E-state index contributed by atoms with van der Waals surface area (Å²) >= 11 is 0. The van der Waals surface area contributed by atoms with Gasteiger partial charge in [-0.1, -0.05) is 72.8 Å². The van der Waals surface area contributed by atoms with Crippen molar-refractivity contribution in [2.24, 2.45) is 0 Å². The highest BCUT2D eigenvalue weighted by molar-refractivity contribution is 5.93. The molecule has 0 aliphatic heterocycles. The number of hydrogen-bond acceptors (Lipinski definition) is 3. The lowest BCUT2D eigenvalue weighted by molar-refractivity contribution is 0.0915. The minimum atomic E-state index is -0.435. The third-order valence-electron chi connectivity index (χ3n) is 4.40. The predicted octanol–water partition coefficient (Wildman–Crippen LogP) is 4.31. The van der Waals surface area contributed by atoms with Crippen LogP contribution in [0.4, 0.5) is 0 Å². The molecular formula is C23H17NO3. The van der Waals surface area contributed by atoms with E-state index in [-0.39, 0.29) is 17.2 Å². The van der Waals surface area contributed by atoms with Crippen LogP contribution >= 0.6 is 0 Å². The van der Waals surface area contributed by atoms with Crippen LogP contribution in [0.25, 0.3) is 11.0 Å². The van der Waals surface area contributed by atoms with Gasteiger partial charge in [0.05, 0.1) is 11.4 Å². The molecule has 0 atom stereocenters. The molecule has 0 spiro atoms. The molecule has 4 nitrogen and oxygen atoms in total. The summed E-state index contributed by atoms with van der Waals surface area (Å²) < 4.78 is 5.66. The molecule has 4 aromatic rings. The number of nitrogens with one attached hydrogen (secondary N) is 1. The number of amides is 1. The Morgan fingerprint density at radius 1 is 0.778 bits per heavy atom. The van der Waals surface area contributed by atoms with Crippen LogP contribution in [0.5, 0.6) is 0 Å². The van der Waals surface area contributed by atoms with Gasteiger partial charge in [0.2, 0.25) is 0 Å². The van der Waals surface area contributed by atoms with Gasteiger partial charge in [0, 0.05) is 6.07 Å². The number of carbonyl (C=O) groups is 1. The van der Waals surface area contributed by atoms with Crippen LogP contribution in [-0.4, -0.2) is 5.91 Å². The molecule has 132 valence electrons. The highest BCUT2D eigenvalue weighted by Gasteiger charge is 2.20. The van der Waals surface area contributed by atoms with Crippen molar-refractivity contribution < 1.29 is 9.21 Å². The minimum absolute atomic E-state index is 0.00411. The fourth-order valence-electron chi connectivity index (χ4n) is 3.07. The number of fused-ring (bicyclic) bond motifs is 1. The number of para-hydroxylation sites is 1. The first kappa shape index (κ1) is 16.8. The molecule has 4 heteroatoms. The molecule has 27 heavy (non-hydrogen) atoms. The Morgan fingerprint density at radius 2 is 1.33 bits per heavy atom. The summed E-state index contributed by atoms with van der Waals surface area (Å²) in [5.41, 5.74) is 2.05. The van der Waals surface area contributed by atoms with Crippen molar-refractivity contribution in [3.63, 3.8) is 0 Å². The molecule has 0 saturated heterocycles. The van der Waals surface area contributed by atoms with Gasteiger partial charge in [-0.2, -0.15) is 0 Å². The average molecular weight is 355 g/mol. The van der Waals surface area contributed by atoms with Crippen molar-refractivity contribution in [1.29, 1.82) is 0 Å². The Morgan fingerprint density at radius 3 is 1.96 bits per heavy atom. The first-order valence-corrected chi connectivity index (χ1v) is 8.66. The summed E-state index contributed by atoms with van der Waals surface area (Å²) in [6.07, 6.45) is 0. The first-order chi connectivity index (χ1) is 13.2. The molecule has 0 radical (unpaired) electrons. The summed E-state index contributed by atoms with van der Waals surface area (Å²) in [6.45, 7) is 0. The molecule has 4 rings (SSSR count). The lowest BCUT2D eigenvalue weighted by atomic mass is 9.98. The zero-order chi connectivity index (χ0) is 18.6. The zero-order valence-electron chi connectivity index (χ0n) is 14.5. The molecule has 3 aromatic carbocycles. The number of rotatable bonds is 4. The van der Waals surface area contributed by atoms with Crippen LogP contribution in [0.3, 0.4) is 0 Å². The Bertz CT molecular complexity index is 1090. The van der Waals surface area contributed by atoms with Crippen molar-refractivity contribution in [2.75, 3.05) is 0 Å².